The Kier molecular flexibility index (Phi) is 7.79. The van der Waals surface area contributed by atoms with E-state index in [9.17, 15) is 5.26 Å². The van der Waals surface area contributed by atoms with Gasteiger partial charge in [0.05, 0.1) is 17.3 Å². The third-order valence-corrected chi connectivity index (χ3v) is 10.2. The lowest BCUT2D eigenvalue weighted by atomic mass is 9.79. The van der Waals surface area contributed by atoms with E-state index < -0.39 is 0 Å². The number of hydrogen-bond donors (Lipinski definition) is 0. The molecule has 250 valence electrons. The fraction of sp³-hybridized carbons (Fsp3) is 0.0625. The molecule has 0 atom stereocenters. The van der Waals surface area contributed by atoms with Crippen LogP contribution in [0.1, 0.15) is 30.5 Å². The fourth-order valence-electron chi connectivity index (χ4n) is 7.53. The number of pyridine rings is 1. The number of hydrogen-bond acceptors (Lipinski definition) is 5. The quantitative estimate of drug-likeness (QED) is 0.175. The first kappa shape index (κ1) is 31.9. The zero-order valence-corrected chi connectivity index (χ0v) is 29.3. The second-order valence-electron chi connectivity index (χ2n) is 13.9. The van der Waals surface area contributed by atoms with E-state index in [1.807, 2.05) is 97.2 Å². The highest BCUT2D eigenvalue weighted by Crippen LogP contribution is 2.51. The molecule has 0 radical (unpaired) electrons. The van der Waals surface area contributed by atoms with Crippen LogP contribution in [0.5, 0.6) is 0 Å². The summed E-state index contributed by atoms with van der Waals surface area (Å²) in [5, 5.41) is 10.0. The van der Waals surface area contributed by atoms with Gasteiger partial charge in [-0.1, -0.05) is 135 Å². The van der Waals surface area contributed by atoms with Crippen molar-refractivity contribution in [2.75, 3.05) is 0 Å². The molecule has 8 aromatic rings. The molecule has 0 saturated carbocycles. The minimum Gasteiger partial charge on any atom is -0.256 e. The van der Waals surface area contributed by atoms with Gasteiger partial charge in [0, 0.05) is 39.4 Å². The molecule has 2 aromatic heterocycles. The molecule has 5 heteroatoms. The summed E-state index contributed by atoms with van der Waals surface area (Å²) in [6.45, 7) is 4.43. The second kappa shape index (κ2) is 12.9. The Bertz CT molecular complexity index is 2620. The monoisotopic (exact) mass is 679 g/mol. The molecule has 0 spiro atoms. The first-order chi connectivity index (χ1) is 26.0. The van der Waals surface area contributed by atoms with Crippen molar-refractivity contribution in [3.05, 3.63) is 181 Å². The van der Waals surface area contributed by atoms with Crippen LogP contribution in [0.3, 0.4) is 0 Å². The summed E-state index contributed by atoms with van der Waals surface area (Å²) in [6.07, 6.45) is 1.94. The summed E-state index contributed by atoms with van der Waals surface area (Å²) in [6, 6.07) is 56.2. The molecular formula is C48H33N5. The minimum atomic E-state index is -0.339. The molecule has 0 unspecified atom stereocenters. The van der Waals surface area contributed by atoms with Crippen molar-refractivity contribution in [2.45, 2.75) is 19.3 Å². The largest absolute Gasteiger partial charge is 0.256 e. The Morgan fingerprint density at radius 3 is 1.58 bits per heavy atom. The van der Waals surface area contributed by atoms with Crippen molar-refractivity contribution >= 4 is 0 Å². The molecule has 9 rings (SSSR count). The minimum absolute atomic E-state index is 0.339. The zero-order valence-electron chi connectivity index (χ0n) is 29.3. The van der Waals surface area contributed by atoms with E-state index in [1.54, 1.807) is 0 Å². The van der Waals surface area contributed by atoms with E-state index in [0.29, 0.717) is 17.5 Å². The highest BCUT2D eigenvalue weighted by Gasteiger charge is 2.37. The second-order valence-corrected chi connectivity index (χ2v) is 13.9. The molecular weight excluding hydrogens is 647 g/mol. The van der Waals surface area contributed by atoms with E-state index in [1.165, 1.54) is 11.1 Å². The average molecular weight is 680 g/mol. The summed E-state index contributed by atoms with van der Waals surface area (Å²) in [4.78, 5) is 20.0. The van der Waals surface area contributed by atoms with Gasteiger partial charge < -0.3 is 0 Å². The van der Waals surface area contributed by atoms with Gasteiger partial charge in [-0.15, -0.1) is 0 Å². The van der Waals surface area contributed by atoms with Crippen LogP contribution in [0.2, 0.25) is 0 Å². The Morgan fingerprint density at radius 2 is 1.00 bits per heavy atom. The number of fused-ring (bicyclic) bond motifs is 3. The summed E-state index contributed by atoms with van der Waals surface area (Å²) in [5.74, 6) is 1.81. The number of nitrogens with zero attached hydrogens (tertiary/aromatic N) is 5. The van der Waals surface area contributed by atoms with Crippen LogP contribution in [0.15, 0.2) is 164 Å². The van der Waals surface area contributed by atoms with Gasteiger partial charge >= 0.3 is 0 Å². The fourth-order valence-corrected chi connectivity index (χ4v) is 7.53. The highest BCUT2D eigenvalue weighted by atomic mass is 15.0. The molecule has 0 amide bonds. The van der Waals surface area contributed by atoms with Crippen LogP contribution >= 0.6 is 0 Å². The van der Waals surface area contributed by atoms with E-state index in [4.69, 9.17) is 19.9 Å². The van der Waals surface area contributed by atoms with Gasteiger partial charge in [0.1, 0.15) is 0 Å². The molecule has 1 aliphatic carbocycles. The molecule has 5 nitrogen and oxygen atoms in total. The maximum absolute atomic E-state index is 10.0. The van der Waals surface area contributed by atoms with Crippen molar-refractivity contribution in [1.82, 2.24) is 19.9 Å². The summed E-state index contributed by atoms with van der Waals surface area (Å²) < 4.78 is 0. The Morgan fingerprint density at radius 1 is 0.453 bits per heavy atom. The standard InChI is InChI=1S/C48H33N5/c1-48(2)42-28-34(21-23-40(42)41-20-12-19-35(29-49)44(41)48)37-25-38(36-22-24-43(50-30-36)31-13-6-3-7-14-31)27-39(26-37)47-52-45(32-15-8-4-9-16-32)51-46(53-47)33-17-10-5-11-18-33/h3-28,30H,1-2H3. The van der Waals surface area contributed by atoms with Crippen LogP contribution in [-0.2, 0) is 5.41 Å². The lowest BCUT2D eigenvalue weighted by molar-refractivity contribution is 0.658. The van der Waals surface area contributed by atoms with Crippen molar-refractivity contribution in [1.29, 1.82) is 5.26 Å². The van der Waals surface area contributed by atoms with Crippen molar-refractivity contribution < 1.29 is 0 Å². The summed E-state index contributed by atoms with van der Waals surface area (Å²) in [5.41, 5.74) is 13.7. The molecule has 0 fully saturated rings. The van der Waals surface area contributed by atoms with E-state index in [0.717, 1.165) is 66.9 Å². The van der Waals surface area contributed by atoms with Crippen LogP contribution in [0, 0.1) is 11.3 Å². The lowest BCUT2D eigenvalue weighted by Gasteiger charge is -2.23. The first-order valence-electron chi connectivity index (χ1n) is 17.7. The number of benzene rings is 6. The molecule has 0 bridgehead atoms. The van der Waals surface area contributed by atoms with Gasteiger partial charge in [0.25, 0.3) is 0 Å². The maximum Gasteiger partial charge on any atom is 0.164 e. The van der Waals surface area contributed by atoms with Gasteiger partial charge in [-0.2, -0.15) is 5.26 Å². The van der Waals surface area contributed by atoms with Crippen LogP contribution < -0.4 is 0 Å². The Balaban J connectivity index is 1.23. The van der Waals surface area contributed by atoms with Gasteiger partial charge in [-0.25, -0.2) is 15.0 Å². The van der Waals surface area contributed by atoms with Crippen LogP contribution in [0.4, 0.5) is 0 Å². The predicted molar refractivity (Wildman–Crippen MR) is 213 cm³/mol. The molecule has 0 aliphatic heterocycles. The topological polar surface area (TPSA) is 75.3 Å². The normalized spacial score (nSPS) is 12.5. The van der Waals surface area contributed by atoms with E-state index in [-0.39, 0.29) is 5.41 Å². The maximum atomic E-state index is 10.0. The number of nitriles is 1. The summed E-state index contributed by atoms with van der Waals surface area (Å²) in [7, 11) is 0. The Hall–Kier alpha value is -7.03. The smallest absolute Gasteiger partial charge is 0.164 e. The third-order valence-electron chi connectivity index (χ3n) is 10.2. The summed E-state index contributed by atoms with van der Waals surface area (Å²) >= 11 is 0. The van der Waals surface area contributed by atoms with Crippen LogP contribution in [-0.4, -0.2) is 19.9 Å². The molecule has 0 N–H and O–H groups in total. The lowest BCUT2D eigenvalue weighted by Crippen LogP contribution is -2.16. The first-order valence-corrected chi connectivity index (χ1v) is 17.7. The number of aromatic nitrogens is 4. The third kappa shape index (κ3) is 5.77. The van der Waals surface area contributed by atoms with Crippen molar-refractivity contribution in [3.63, 3.8) is 0 Å². The molecule has 1 aliphatic rings. The van der Waals surface area contributed by atoms with Gasteiger partial charge in [0.2, 0.25) is 0 Å². The van der Waals surface area contributed by atoms with Crippen molar-refractivity contribution in [2.24, 2.45) is 0 Å². The van der Waals surface area contributed by atoms with Gasteiger partial charge in [-0.3, -0.25) is 4.98 Å². The molecule has 0 saturated heterocycles. The molecule has 2 heterocycles. The van der Waals surface area contributed by atoms with Gasteiger partial charge in [-0.05, 0) is 75.3 Å². The van der Waals surface area contributed by atoms with Crippen molar-refractivity contribution in [3.8, 4) is 84.9 Å². The van der Waals surface area contributed by atoms with E-state index in [2.05, 4.69) is 86.6 Å². The molecule has 53 heavy (non-hydrogen) atoms. The Labute approximate surface area is 309 Å². The SMILES string of the molecule is CC1(C)c2cc(-c3cc(-c4ccc(-c5ccccc5)nc4)cc(-c4nc(-c5ccccc5)nc(-c5ccccc5)n4)c3)ccc2-c2cccc(C#N)c21. The average Bonchev–Trinajstić information content (AvgIpc) is 3.47. The molecule has 6 aromatic carbocycles. The predicted octanol–water partition coefficient (Wildman–Crippen LogP) is 11.4. The highest BCUT2D eigenvalue weighted by molar-refractivity contribution is 5.87. The van der Waals surface area contributed by atoms with Crippen LogP contribution in [0.25, 0.3) is 78.8 Å². The number of rotatable bonds is 6. The van der Waals surface area contributed by atoms with Gasteiger partial charge in [0.15, 0.2) is 17.5 Å². The van der Waals surface area contributed by atoms with E-state index >= 15 is 0 Å². The zero-order chi connectivity index (χ0) is 35.9.